The molecule has 0 bridgehead atoms. The van der Waals surface area contributed by atoms with Gasteiger partial charge >= 0.3 is 5.97 Å². The van der Waals surface area contributed by atoms with E-state index in [0.717, 1.165) is 16.7 Å². The third-order valence-electron chi connectivity index (χ3n) is 4.56. The molecule has 0 saturated carbocycles. The van der Waals surface area contributed by atoms with Gasteiger partial charge in [0.2, 0.25) is 0 Å². The van der Waals surface area contributed by atoms with Gasteiger partial charge in [0.25, 0.3) is 0 Å². The minimum Gasteiger partial charge on any atom is -0.499 e. The lowest BCUT2D eigenvalue weighted by atomic mass is 9.80. The van der Waals surface area contributed by atoms with Crippen molar-refractivity contribution in [3.8, 4) is 0 Å². The lowest BCUT2D eigenvalue weighted by Gasteiger charge is -2.35. The fraction of sp³-hybridized carbons (Fsp3) is 0.160. The summed E-state index contributed by atoms with van der Waals surface area (Å²) in [5.74, 6) is -0.460. The largest absolute Gasteiger partial charge is 0.499 e. The molecule has 0 aliphatic heterocycles. The normalized spacial score (nSPS) is 11.3. The van der Waals surface area contributed by atoms with Crippen LogP contribution in [0, 0.1) is 0 Å². The topological polar surface area (TPSA) is 44.8 Å². The van der Waals surface area contributed by atoms with E-state index >= 15 is 0 Å². The highest BCUT2D eigenvalue weighted by Gasteiger charge is 2.37. The summed E-state index contributed by atoms with van der Waals surface area (Å²) in [5, 5.41) is 0. The highest BCUT2D eigenvalue weighted by Crippen LogP contribution is 2.40. The highest BCUT2D eigenvalue weighted by atomic mass is 16.5. The van der Waals surface area contributed by atoms with Gasteiger partial charge in [0.15, 0.2) is 0 Å². The van der Waals surface area contributed by atoms with Gasteiger partial charge in [0, 0.05) is 0 Å². The number of methoxy groups -OCH3 is 1. The summed E-state index contributed by atoms with van der Waals surface area (Å²) in [6, 6.07) is 30.4. The quantitative estimate of drug-likeness (QED) is 0.175. The van der Waals surface area contributed by atoms with Crippen molar-refractivity contribution in [1.82, 2.24) is 0 Å². The molecule has 0 aliphatic carbocycles. The zero-order chi connectivity index (χ0) is 20.4. The summed E-state index contributed by atoms with van der Waals surface area (Å²) < 4.78 is 16.5. The van der Waals surface area contributed by atoms with E-state index in [1.165, 1.54) is 19.4 Å². The number of benzene rings is 3. The molecule has 4 nitrogen and oxygen atoms in total. The summed E-state index contributed by atoms with van der Waals surface area (Å²) in [7, 11) is 1.32. The SMILES string of the molecule is COC(=O)/C=C/OCCOC(c1ccccc1)(c1ccccc1)c1ccccc1. The molecule has 0 saturated heterocycles. The summed E-state index contributed by atoms with van der Waals surface area (Å²) >= 11 is 0. The number of hydrogen-bond donors (Lipinski definition) is 0. The number of rotatable bonds is 9. The Morgan fingerprint density at radius 1 is 0.759 bits per heavy atom. The van der Waals surface area contributed by atoms with Crippen molar-refractivity contribution >= 4 is 5.97 Å². The third-order valence-corrected chi connectivity index (χ3v) is 4.56. The fourth-order valence-corrected chi connectivity index (χ4v) is 3.25. The van der Waals surface area contributed by atoms with Crippen LogP contribution >= 0.6 is 0 Å². The Balaban J connectivity index is 1.93. The second-order valence-electron chi connectivity index (χ2n) is 6.32. The maximum Gasteiger partial charge on any atom is 0.333 e. The van der Waals surface area contributed by atoms with E-state index in [2.05, 4.69) is 41.1 Å². The van der Waals surface area contributed by atoms with Gasteiger partial charge in [-0.1, -0.05) is 91.0 Å². The van der Waals surface area contributed by atoms with Crippen LogP contribution in [0.5, 0.6) is 0 Å². The Hall–Kier alpha value is -3.37. The second kappa shape index (κ2) is 10.2. The average Bonchev–Trinajstić information content (AvgIpc) is 2.80. The zero-order valence-electron chi connectivity index (χ0n) is 16.4. The third kappa shape index (κ3) is 4.92. The van der Waals surface area contributed by atoms with Crippen LogP contribution in [0.1, 0.15) is 16.7 Å². The first-order chi connectivity index (χ1) is 14.3. The fourth-order valence-electron chi connectivity index (χ4n) is 3.25. The van der Waals surface area contributed by atoms with Crippen molar-refractivity contribution in [2.45, 2.75) is 5.60 Å². The Kier molecular flexibility index (Phi) is 7.20. The van der Waals surface area contributed by atoms with Crippen LogP contribution in [0.25, 0.3) is 0 Å². The van der Waals surface area contributed by atoms with Gasteiger partial charge in [-0.25, -0.2) is 4.79 Å². The van der Waals surface area contributed by atoms with Crippen molar-refractivity contribution in [3.63, 3.8) is 0 Å². The maximum atomic E-state index is 11.1. The first-order valence-corrected chi connectivity index (χ1v) is 9.44. The molecule has 0 heterocycles. The van der Waals surface area contributed by atoms with Crippen molar-refractivity contribution in [1.29, 1.82) is 0 Å². The molecule has 0 N–H and O–H groups in total. The Morgan fingerprint density at radius 3 is 1.62 bits per heavy atom. The lowest BCUT2D eigenvalue weighted by Crippen LogP contribution is -2.34. The van der Waals surface area contributed by atoms with Crippen molar-refractivity contribution in [2.24, 2.45) is 0 Å². The molecular formula is C25H24O4. The predicted molar refractivity (Wildman–Crippen MR) is 112 cm³/mol. The summed E-state index contributed by atoms with van der Waals surface area (Å²) in [6.07, 6.45) is 2.56. The standard InChI is InChI=1S/C25H24O4/c1-27-24(26)17-18-28-19-20-29-25(21-11-5-2-6-12-21,22-13-7-3-8-14-22)23-15-9-4-10-16-23/h2-18H,19-20H2,1H3/b18-17+. The molecule has 0 amide bonds. The molecule has 0 spiro atoms. The molecule has 0 aromatic heterocycles. The van der Waals surface area contributed by atoms with E-state index in [-0.39, 0.29) is 0 Å². The van der Waals surface area contributed by atoms with Crippen LogP contribution in [0.3, 0.4) is 0 Å². The highest BCUT2D eigenvalue weighted by molar-refractivity contribution is 5.81. The number of ether oxygens (including phenoxy) is 3. The van der Waals surface area contributed by atoms with Crippen LogP contribution in [0.15, 0.2) is 103 Å². The Labute approximate surface area is 171 Å². The molecule has 3 rings (SSSR count). The van der Waals surface area contributed by atoms with Gasteiger partial charge in [0.1, 0.15) is 12.2 Å². The van der Waals surface area contributed by atoms with E-state index < -0.39 is 11.6 Å². The van der Waals surface area contributed by atoms with E-state index in [4.69, 9.17) is 9.47 Å². The van der Waals surface area contributed by atoms with Crippen molar-refractivity contribution < 1.29 is 19.0 Å². The van der Waals surface area contributed by atoms with Crippen LogP contribution in [-0.2, 0) is 24.6 Å². The van der Waals surface area contributed by atoms with Gasteiger partial charge in [-0.2, -0.15) is 0 Å². The van der Waals surface area contributed by atoms with E-state index in [9.17, 15) is 4.79 Å². The lowest BCUT2D eigenvalue weighted by molar-refractivity contribution is -0.135. The number of hydrogen-bond acceptors (Lipinski definition) is 4. The smallest absolute Gasteiger partial charge is 0.333 e. The van der Waals surface area contributed by atoms with Crippen LogP contribution in [-0.4, -0.2) is 26.3 Å². The van der Waals surface area contributed by atoms with Crippen LogP contribution in [0.2, 0.25) is 0 Å². The monoisotopic (exact) mass is 388 g/mol. The van der Waals surface area contributed by atoms with Crippen molar-refractivity contribution in [2.75, 3.05) is 20.3 Å². The molecule has 3 aromatic carbocycles. The maximum absolute atomic E-state index is 11.1. The van der Waals surface area contributed by atoms with Gasteiger partial charge in [0.05, 0.1) is 26.1 Å². The van der Waals surface area contributed by atoms with E-state index in [1.54, 1.807) is 0 Å². The minimum absolute atomic E-state index is 0.293. The van der Waals surface area contributed by atoms with E-state index in [0.29, 0.717) is 13.2 Å². The Bertz CT molecular complexity index is 809. The first kappa shape index (κ1) is 20.4. The second-order valence-corrected chi connectivity index (χ2v) is 6.32. The minimum atomic E-state index is -0.779. The molecule has 29 heavy (non-hydrogen) atoms. The number of carbonyl (C=O) groups excluding carboxylic acids is 1. The molecule has 0 radical (unpaired) electrons. The summed E-state index contributed by atoms with van der Waals surface area (Å²) in [4.78, 5) is 11.1. The Morgan fingerprint density at radius 2 is 1.21 bits per heavy atom. The van der Waals surface area contributed by atoms with Gasteiger partial charge in [-0.05, 0) is 16.7 Å². The first-order valence-electron chi connectivity index (χ1n) is 9.44. The molecule has 0 atom stereocenters. The molecule has 0 unspecified atom stereocenters. The van der Waals surface area contributed by atoms with Gasteiger partial charge in [-0.15, -0.1) is 0 Å². The average molecular weight is 388 g/mol. The number of carbonyl (C=O) groups is 1. The van der Waals surface area contributed by atoms with Gasteiger partial charge in [-0.3, -0.25) is 0 Å². The van der Waals surface area contributed by atoms with Crippen LogP contribution in [0.4, 0.5) is 0 Å². The molecule has 3 aromatic rings. The predicted octanol–water partition coefficient (Wildman–Crippen LogP) is 4.70. The van der Waals surface area contributed by atoms with Crippen molar-refractivity contribution in [3.05, 3.63) is 120 Å². The zero-order valence-corrected chi connectivity index (χ0v) is 16.4. The molecule has 148 valence electrons. The van der Waals surface area contributed by atoms with E-state index in [1.807, 2.05) is 54.6 Å². The molecular weight excluding hydrogens is 364 g/mol. The molecule has 0 fully saturated rings. The molecule has 4 heteroatoms. The number of esters is 1. The summed E-state index contributed by atoms with van der Waals surface area (Å²) in [5.41, 5.74) is 2.31. The molecule has 0 aliphatic rings. The van der Waals surface area contributed by atoms with Gasteiger partial charge < -0.3 is 14.2 Å². The van der Waals surface area contributed by atoms with Crippen LogP contribution < -0.4 is 0 Å². The summed E-state index contributed by atoms with van der Waals surface area (Å²) in [6.45, 7) is 0.617.